The molecule has 2 atom stereocenters. The van der Waals surface area contributed by atoms with Crippen LogP contribution < -0.4 is 10.6 Å². The van der Waals surface area contributed by atoms with Crippen molar-refractivity contribution in [1.29, 1.82) is 0 Å². The van der Waals surface area contributed by atoms with Crippen LogP contribution in [0.3, 0.4) is 0 Å². The van der Waals surface area contributed by atoms with Crippen LogP contribution in [0.2, 0.25) is 0 Å². The minimum absolute atomic E-state index is 0. The van der Waals surface area contributed by atoms with Gasteiger partial charge in [0.15, 0.2) is 5.78 Å². The van der Waals surface area contributed by atoms with Crippen LogP contribution in [0.25, 0.3) is 0 Å². The lowest BCUT2D eigenvalue weighted by molar-refractivity contribution is -0.142. The van der Waals surface area contributed by atoms with Crippen LogP contribution in [0.15, 0.2) is 0 Å². The minimum atomic E-state index is -1.09. The molecule has 364 valence electrons. The summed E-state index contributed by atoms with van der Waals surface area (Å²) in [6, 6.07) is -0.977. The van der Waals surface area contributed by atoms with Crippen molar-refractivity contribution in [3.05, 3.63) is 0 Å². The third kappa shape index (κ3) is 46.2. The van der Waals surface area contributed by atoms with E-state index in [2.05, 4.69) is 10.6 Å². The second-order valence-electron chi connectivity index (χ2n) is 16.1. The van der Waals surface area contributed by atoms with E-state index < -0.39 is 18.0 Å². The topological polar surface area (TPSA) is 221 Å². The van der Waals surface area contributed by atoms with Gasteiger partial charge in [0.05, 0.1) is 33.0 Å². The first kappa shape index (κ1) is 60.8. The van der Waals surface area contributed by atoms with Crippen LogP contribution >= 0.6 is 0 Å². The van der Waals surface area contributed by atoms with Gasteiger partial charge in [0.1, 0.15) is 30.8 Å². The van der Waals surface area contributed by atoms with Crippen LogP contribution in [0.4, 0.5) is 0 Å². The van der Waals surface area contributed by atoms with Gasteiger partial charge in [-0.1, -0.05) is 111 Å². The Bertz CT molecular complexity index is 1170. The number of amides is 2. The van der Waals surface area contributed by atoms with Crippen molar-refractivity contribution < 1.29 is 64.1 Å². The highest BCUT2D eigenvalue weighted by atomic mass is 16.5. The molecule has 0 radical (unpaired) electrons. The number of ketones is 3. The maximum Gasteiger partial charge on any atom is 0.326 e. The number of hydrogen-bond acceptors (Lipinski definition) is 11. The molecule has 0 spiro atoms. The van der Waals surface area contributed by atoms with Gasteiger partial charge in [0.2, 0.25) is 11.8 Å². The summed E-state index contributed by atoms with van der Waals surface area (Å²) in [4.78, 5) is 79.3. The van der Waals surface area contributed by atoms with Gasteiger partial charge >= 0.3 is 11.9 Å². The second kappa shape index (κ2) is 45.7. The number of rotatable bonds is 45. The average Bonchev–Trinajstić information content (AvgIpc) is 3.23. The number of carboxylic acid groups (broad SMARTS) is 2. The molecule has 4 N–H and O–H groups in total. The van der Waals surface area contributed by atoms with Crippen molar-refractivity contribution >= 4 is 41.1 Å². The Morgan fingerprint density at radius 2 is 1.00 bits per heavy atom. The number of aliphatic carboxylic acids is 2. The molecule has 0 aliphatic heterocycles. The SMILES string of the molecule is CCC(=O)CC[C@H](NC(=O)CCCCCCCCCCCCCCCCC(=O)O)C(=O)O.CCCOCCOCC(=O)NCCOCCOCC(=O)CCCCC[C@H](C)C(C)=O.[HH]. The summed E-state index contributed by atoms with van der Waals surface area (Å²) in [5.74, 6) is -1.79. The van der Waals surface area contributed by atoms with Gasteiger partial charge in [-0.2, -0.15) is 0 Å². The predicted molar refractivity (Wildman–Crippen MR) is 242 cm³/mol. The highest BCUT2D eigenvalue weighted by molar-refractivity contribution is 5.84. The van der Waals surface area contributed by atoms with Crippen molar-refractivity contribution in [2.24, 2.45) is 5.92 Å². The molecule has 0 saturated heterocycles. The first-order chi connectivity index (χ1) is 29.8. The molecule has 15 heteroatoms. The predicted octanol–water partition coefficient (Wildman–Crippen LogP) is 8.21. The van der Waals surface area contributed by atoms with Crippen molar-refractivity contribution in [2.75, 3.05) is 59.4 Å². The van der Waals surface area contributed by atoms with E-state index in [-0.39, 0.29) is 62.6 Å². The monoisotopic (exact) mass is 889 g/mol. The third-order valence-corrected chi connectivity index (χ3v) is 10.2. The van der Waals surface area contributed by atoms with E-state index in [1.54, 1.807) is 13.8 Å². The van der Waals surface area contributed by atoms with Crippen molar-refractivity contribution in [1.82, 2.24) is 10.6 Å². The van der Waals surface area contributed by atoms with Gasteiger partial charge < -0.3 is 39.8 Å². The Morgan fingerprint density at radius 3 is 1.52 bits per heavy atom. The molecule has 0 aliphatic carbocycles. The number of hydrogen-bond donors (Lipinski definition) is 4. The molecule has 0 heterocycles. The Hall–Kier alpha value is -3.27. The highest BCUT2D eigenvalue weighted by Gasteiger charge is 2.20. The molecule has 0 rings (SSSR count). The number of nitrogens with one attached hydrogen (secondary N) is 2. The molecular weight excluding hydrogens is 801 g/mol. The fourth-order valence-electron chi connectivity index (χ4n) is 6.16. The summed E-state index contributed by atoms with van der Waals surface area (Å²) in [5, 5.41) is 23.0. The van der Waals surface area contributed by atoms with Gasteiger partial charge in [-0.3, -0.25) is 28.8 Å². The van der Waals surface area contributed by atoms with E-state index in [0.29, 0.717) is 71.9 Å². The zero-order valence-corrected chi connectivity index (χ0v) is 39.1. The molecule has 0 unspecified atom stereocenters. The number of Topliss-reactive ketones (excluding diaryl/α,β-unsaturated/α-hetero) is 3. The maximum atomic E-state index is 12.0. The summed E-state index contributed by atoms with van der Waals surface area (Å²) < 4.78 is 21.1. The molecule has 0 aromatic rings. The zero-order chi connectivity index (χ0) is 46.5. The van der Waals surface area contributed by atoms with E-state index in [0.717, 1.165) is 70.6 Å². The van der Waals surface area contributed by atoms with Crippen LogP contribution in [-0.4, -0.2) is 117 Å². The van der Waals surface area contributed by atoms with E-state index in [1.165, 1.54) is 51.4 Å². The fourth-order valence-corrected chi connectivity index (χ4v) is 6.16. The first-order valence-electron chi connectivity index (χ1n) is 23.7. The molecule has 2 amide bonds. The summed E-state index contributed by atoms with van der Waals surface area (Å²) >= 11 is 0. The van der Waals surface area contributed by atoms with E-state index in [4.69, 9.17) is 24.1 Å². The molecular formula is C47H88N2O13. The average molecular weight is 889 g/mol. The number of ether oxygens (including phenoxy) is 4. The molecule has 0 aromatic carbocycles. The van der Waals surface area contributed by atoms with Crippen LogP contribution in [0, 0.1) is 5.92 Å². The molecule has 15 nitrogen and oxygen atoms in total. The summed E-state index contributed by atoms with van der Waals surface area (Å²) in [6.45, 7) is 10.5. The number of carboxylic acids is 2. The van der Waals surface area contributed by atoms with Crippen molar-refractivity contribution in [3.63, 3.8) is 0 Å². The summed E-state index contributed by atoms with van der Waals surface area (Å²) in [6.07, 6.45) is 22.1. The molecule has 0 aromatic heterocycles. The molecule has 0 aliphatic rings. The summed E-state index contributed by atoms with van der Waals surface area (Å²) in [7, 11) is 0. The zero-order valence-electron chi connectivity index (χ0n) is 39.1. The third-order valence-electron chi connectivity index (χ3n) is 10.2. The standard InChI is InChI=1S/C25H45NO6.C22H41NO7.H2/c1-2-21(27)19-20-22(25(31)32)26-23(28)17-15-13-11-9-7-5-3-4-6-8-10-12-14-16-18-24(29)30;1-4-11-27-13-16-30-18-22(26)23-10-12-28-14-15-29-17-21(25)9-7-5-6-8-19(2)20(3)24;/h22H,2-20H2,1H3,(H,26,28)(H,29,30)(H,31,32);19H,4-18H2,1-3H3,(H,23,26);1H/t22-;19-;/m00./s1. The van der Waals surface area contributed by atoms with Crippen LogP contribution in [0.1, 0.15) is 190 Å². The Labute approximate surface area is 374 Å². The van der Waals surface area contributed by atoms with E-state index in [1.807, 2.05) is 13.8 Å². The molecule has 0 saturated carbocycles. The number of carbonyl (C=O) groups is 7. The summed E-state index contributed by atoms with van der Waals surface area (Å²) in [5.41, 5.74) is 0. The van der Waals surface area contributed by atoms with E-state index >= 15 is 0 Å². The smallest absolute Gasteiger partial charge is 0.326 e. The number of unbranched alkanes of at least 4 members (excludes halogenated alkanes) is 15. The van der Waals surface area contributed by atoms with Crippen LogP contribution in [-0.2, 0) is 52.5 Å². The lowest BCUT2D eigenvalue weighted by atomic mass is 9.99. The lowest BCUT2D eigenvalue weighted by Gasteiger charge is -2.14. The second-order valence-corrected chi connectivity index (χ2v) is 16.1. The van der Waals surface area contributed by atoms with Gasteiger partial charge in [0, 0.05) is 52.6 Å². The van der Waals surface area contributed by atoms with Gasteiger partial charge in [0.25, 0.3) is 0 Å². The van der Waals surface area contributed by atoms with Crippen molar-refractivity contribution in [2.45, 2.75) is 194 Å². The van der Waals surface area contributed by atoms with Crippen molar-refractivity contribution in [3.8, 4) is 0 Å². The van der Waals surface area contributed by atoms with E-state index in [9.17, 15) is 38.7 Å². The molecule has 62 heavy (non-hydrogen) atoms. The maximum absolute atomic E-state index is 12.0. The Kier molecular flexibility index (Phi) is 44.9. The largest absolute Gasteiger partial charge is 0.481 e. The Balaban J connectivity index is -0.00000113. The van der Waals surface area contributed by atoms with Gasteiger partial charge in [-0.15, -0.1) is 0 Å². The Morgan fingerprint density at radius 1 is 0.516 bits per heavy atom. The first-order valence-corrected chi connectivity index (χ1v) is 23.7. The fraction of sp³-hybridized carbons (Fsp3) is 0.851. The van der Waals surface area contributed by atoms with Gasteiger partial charge in [-0.05, 0) is 45.4 Å². The van der Waals surface area contributed by atoms with Crippen LogP contribution in [0.5, 0.6) is 0 Å². The quantitative estimate of drug-likeness (QED) is 0.0424. The lowest BCUT2D eigenvalue weighted by Crippen LogP contribution is -2.41. The normalized spacial score (nSPS) is 11.9. The number of carbonyl (C=O) groups excluding carboxylic acids is 5. The molecule has 0 fully saturated rings. The minimum Gasteiger partial charge on any atom is -0.481 e. The highest BCUT2D eigenvalue weighted by Crippen LogP contribution is 2.14. The van der Waals surface area contributed by atoms with Gasteiger partial charge in [-0.25, -0.2) is 4.79 Å². The molecule has 0 bridgehead atoms.